The number of anilines is 1. The number of oxime groups is 1. The summed E-state index contributed by atoms with van der Waals surface area (Å²) in [6.07, 6.45) is 0. The number of carbonyl (C=O) groups is 3. The summed E-state index contributed by atoms with van der Waals surface area (Å²) >= 11 is 2.71. The maximum atomic E-state index is 14.3. The van der Waals surface area contributed by atoms with Crippen LogP contribution in [0.25, 0.3) is 11.0 Å². The molecule has 67 heavy (non-hydrogen) atoms. The highest BCUT2D eigenvalue weighted by atomic mass is 127. The van der Waals surface area contributed by atoms with E-state index in [-0.39, 0.29) is 67.4 Å². The minimum atomic E-state index is -1.01. The summed E-state index contributed by atoms with van der Waals surface area (Å²) in [7, 11) is 2.91. The van der Waals surface area contributed by atoms with Crippen LogP contribution < -0.4 is 44.0 Å². The molecule has 0 spiro atoms. The van der Waals surface area contributed by atoms with Gasteiger partial charge in [0.05, 0.1) is 18.9 Å². The number of halogens is 1. The maximum absolute atomic E-state index is 14.3. The van der Waals surface area contributed by atoms with Crippen LogP contribution in [0, 0.1) is 0 Å². The second kappa shape index (κ2) is 20.9. The highest BCUT2D eigenvalue weighted by Gasteiger charge is 2.55. The minimum absolute atomic E-state index is 0. The first kappa shape index (κ1) is 46.9. The van der Waals surface area contributed by atoms with Crippen molar-refractivity contribution in [3.8, 4) is 5.75 Å². The molecule has 9 rings (SSSR count). The summed E-state index contributed by atoms with van der Waals surface area (Å²) in [6.45, 7) is 0.275. The maximum Gasteiger partial charge on any atom is 0.355 e. The van der Waals surface area contributed by atoms with Crippen molar-refractivity contribution in [3.05, 3.63) is 184 Å². The third-order valence-corrected chi connectivity index (χ3v) is 13.5. The molecule has 7 aromatic rings. The number of β-lactam (4-membered cyclic amide) rings is 1. The molecule has 1 saturated heterocycles. The number of aliphatic hydroxyl groups excluding tert-OH is 1. The van der Waals surface area contributed by atoms with Gasteiger partial charge in [0.2, 0.25) is 0 Å². The van der Waals surface area contributed by atoms with Crippen molar-refractivity contribution in [2.24, 2.45) is 5.16 Å². The van der Waals surface area contributed by atoms with Gasteiger partial charge < -0.3 is 54.0 Å². The molecule has 2 amide bonds. The zero-order valence-electron chi connectivity index (χ0n) is 36.3. The zero-order chi connectivity index (χ0) is 45.6. The Morgan fingerprint density at radius 1 is 0.881 bits per heavy atom. The molecule has 2 aliphatic heterocycles. The first-order chi connectivity index (χ1) is 32.3. The number of rotatable bonds is 17. The van der Waals surface area contributed by atoms with Gasteiger partial charge in [0.1, 0.15) is 60.9 Å². The second-order valence-corrected chi connectivity index (χ2v) is 17.3. The van der Waals surface area contributed by atoms with Crippen LogP contribution in [0.4, 0.5) is 5.13 Å². The van der Waals surface area contributed by atoms with Crippen molar-refractivity contribution in [2.75, 3.05) is 31.9 Å². The van der Waals surface area contributed by atoms with E-state index in [1.165, 1.54) is 35.1 Å². The van der Waals surface area contributed by atoms with E-state index in [2.05, 4.69) is 52.2 Å². The van der Waals surface area contributed by atoms with Crippen LogP contribution in [0.15, 0.2) is 161 Å². The number of amides is 2. The molecule has 3 N–H and O–H groups in total. The van der Waals surface area contributed by atoms with Gasteiger partial charge in [-0.25, -0.2) is 9.78 Å². The highest BCUT2D eigenvalue weighted by Crippen LogP contribution is 2.42. The lowest BCUT2D eigenvalue weighted by molar-refractivity contribution is -0.725. The molecule has 2 aliphatic rings. The van der Waals surface area contributed by atoms with Gasteiger partial charge >= 0.3 is 5.97 Å². The molecule has 1 fully saturated rings. The number of benzene rings is 5. The second-order valence-electron chi connectivity index (χ2n) is 15.4. The fourth-order valence-electron chi connectivity index (χ4n) is 8.30. The number of nitrogens with one attached hydrogen (secondary N) is 2. The lowest BCUT2D eigenvalue weighted by Gasteiger charge is -2.49. The smallest absolute Gasteiger partial charge is 0.355 e. The number of thioether (sulfide) groups is 1. The molecule has 0 radical (unpaired) electrons. The van der Waals surface area contributed by atoms with Crippen LogP contribution in [0.2, 0.25) is 0 Å². The van der Waals surface area contributed by atoms with Crippen LogP contribution in [0.3, 0.4) is 0 Å². The van der Waals surface area contributed by atoms with E-state index in [0.717, 1.165) is 33.3 Å². The van der Waals surface area contributed by atoms with Crippen LogP contribution in [-0.2, 0) is 49.2 Å². The summed E-state index contributed by atoms with van der Waals surface area (Å²) in [5.74, 6) is -0.874. The van der Waals surface area contributed by atoms with Gasteiger partial charge in [-0.3, -0.25) is 14.5 Å². The lowest BCUT2D eigenvalue weighted by atomic mass is 9.77. The summed E-state index contributed by atoms with van der Waals surface area (Å²) in [4.78, 5) is 54.1. The van der Waals surface area contributed by atoms with Gasteiger partial charge in [-0.1, -0.05) is 120 Å². The average Bonchev–Trinajstić information content (AvgIpc) is 3.98. The quantitative estimate of drug-likeness (QED) is 0.0233. The van der Waals surface area contributed by atoms with Gasteiger partial charge in [0.25, 0.3) is 11.8 Å². The number of nitrogens with zero attached hydrogens (tertiary/aromatic N) is 6. The first-order valence-corrected chi connectivity index (χ1v) is 23.0. The van der Waals surface area contributed by atoms with Crippen molar-refractivity contribution in [2.45, 2.75) is 36.7 Å². The van der Waals surface area contributed by atoms with Gasteiger partial charge in [-0.2, -0.15) is 0 Å². The lowest BCUT2D eigenvalue weighted by Crippen LogP contribution is -3.00. The van der Waals surface area contributed by atoms with Crippen molar-refractivity contribution in [1.29, 1.82) is 0 Å². The Labute approximate surface area is 411 Å². The highest BCUT2D eigenvalue weighted by molar-refractivity contribution is 8.00. The Hall–Kier alpha value is -6.61. The molecule has 15 nitrogen and oxygen atoms in total. The SMILES string of the molecule is CO/N=C(\C(=O)N[C@@H]1C(=O)N2C(C(=O)OCc3ccc(OC)cc3)=C(C[n+]3nn(CCO)c4ccccc43)CS[C@H]12)c1csc(NC(c2ccccc2)(c2ccccc2)c2ccccc2)n1.[I-]. The molecule has 0 bridgehead atoms. The number of fused-ring (bicyclic) bond motifs is 2. The first-order valence-electron chi connectivity index (χ1n) is 21.1. The fourth-order valence-corrected chi connectivity index (χ4v) is 10.4. The van der Waals surface area contributed by atoms with Crippen molar-refractivity contribution < 1.29 is 62.5 Å². The Kier molecular flexibility index (Phi) is 14.6. The summed E-state index contributed by atoms with van der Waals surface area (Å²) < 4.78 is 14.6. The standard InChI is InChI=1S/C49H44N8O7S2.HI/c1-62-37-24-22-32(23-25-37)29-64-47(61)43-33(28-56-40-21-13-12-20-39(40)55(54-56)26-27-58)30-65-46-42(45(60)57(43)46)51-44(59)41(53-63-2)38-31-66-48(50-38)52-49(34-14-6-3-7-15-34,35-16-8-4-9-17-35)36-18-10-5-11-19-36;/h3-25,31,42,46,58H,26-30H2,1-2H3,(H-,50,51,52,59);1H/b53-41-;/t42-,46-;/m1./s1. The number of esters is 1. The van der Waals surface area contributed by atoms with E-state index in [0.29, 0.717) is 22.2 Å². The van der Waals surface area contributed by atoms with Crippen LogP contribution in [0.5, 0.6) is 5.75 Å². The molecular formula is C49H45IN8O7S2. The zero-order valence-corrected chi connectivity index (χ0v) is 40.1. The minimum Gasteiger partial charge on any atom is -1.00 e. The molecule has 2 atom stereocenters. The number of ether oxygens (including phenoxy) is 2. The summed E-state index contributed by atoms with van der Waals surface area (Å²) in [5.41, 5.74) is 5.19. The third kappa shape index (κ3) is 9.38. The van der Waals surface area contributed by atoms with Crippen LogP contribution >= 0.6 is 23.1 Å². The monoisotopic (exact) mass is 1050 g/mol. The van der Waals surface area contributed by atoms with Crippen LogP contribution in [-0.4, -0.2) is 86.4 Å². The summed E-state index contributed by atoms with van der Waals surface area (Å²) in [5, 5.41) is 26.7. The van der Waals surface area contributed by atoms with E-state index < -0.39 is 34.7 Å². The molecule has 0 aliphatic carbocycles. The van der Waals surface area contributed by atoms with E-state index in [9.17, 15) is 19.5 Å². The van der Waals surface area contributed by atoms with E-state index >= 15 is 0 Å². The molecule has 2 aromatic heterocycles. The molecule has 5 aromatic carbocycles. The Bertz CT molecular complexity index is 2840. The Balaban J connectivity index is 0.00000608. The number of thiazole rings is 1. The van der Waals surface area contributed by atoms with Crippen molar-refractivity contribution in [1.82, 2.24) is 25.1 Å². The molecule has 0 unspecified atom stereocenters. The number of methoxy groups -OCH3 is 1. The molecule has 342 valence electrons. The van der Waals surface area contributed by atoms with Gasteiger partial charge in [-0.15, -0.1) is 32.5 Å². The third-order valence-electron chi connectivity index (χ3n) is 11.4. The number of aliphatic hydroxyl groups is 1. The normalized spacial score (nSPS) is 15.8. The number of carbonyl (C=O) groups excluding carboxylic acids is 3. The van der Waals surface area contributed by atoms with E-state index in [1.807, 2.05) is 78.9 Å². The van der Waals surface area contributed by atoms with Gasteiger partial charge in [0, 0.05) is 16.7 Å². The van der Waals surface area contributed by atoms with E-state index in [4.69, 9.17) is 24.5 Å². The van der Waals surface area contributed by atoms with Crippen molar-refractivity contribution in [3.63, 3.8) is 0 Å². The van der Waals surface area contributed by atoms with Crippen molar-refractivity contribution >= 4 is 62.8 Å². The topological polar surface area (TPSA) is 173 Å². The fraction of sp³-hybridized carbons (Fsp3) is 0.204. The number of hydrogen-bond acceptors (Lipinski definition) is 13. The van der Waals surface area contributed by atoms with Gasteiger partial charge in [-0.05, 0) is 46.5 Å². The number of para-hydroxylation sites is 2. The van der Waals surface area contributed by atoms with E-state index in [1.54, 1.807) is 46.1 Å². The largest absolute Gasteiger partial charge is 1.00 e. The Morgan fingerprint density at radius 3 is 2.12 bits per heavy atom. The molecule has 4 heterocycles. The van der Waals surface area contributed by atoms with Crippen LogP contribution in [0.1, 0.15) is 27.9 Å². The summed E-state index contributed by atoms with van der Waals surface area (Å²) in [6, 6.07) is 44.0. The average molecular weight is 1050 g/mol. The molecule has 18 heteroatoms. The number of hydrogen-bond donors (Lipinski definition) is 3. The predicted molar refractivity (Wildman–Crippen MR) is 250 cm³/mol. The molecule has 0 saturated carbocycles. The Morgan fingerprint density at radius 2 is 1.51 bits per heavy atom. The molecular weight excluding hydrogens is 1000 g/mol. The predicted octanol–water partition coefficient (Wildman–Crippen LogP) is 2.64. The number of aromatic nitrogens is 4. The van der Waals surface area contributed by atoms with Gasteiger partial charge in [0.15, 0.2) is 21.9 Å².